The Morgan fingerprint density at radius 1 is 1.04 bits per heavy atom. The van der Waals surface area contributed by atoms with Gasteiger partial charge in [0.1, 0.15) is 0 Å². The van der Waals surface area contributed by atoms with Crippen molar-refractivity contribution < 1.29 is 9.59 Å². The van der Waals surface area contributed by atoms with Crippen molar-refractivity contribution in [2.45, 2.75) is 46.7 Å². The van der Waals surface area contributed by atoms with Gasteiger partial charge in [-0.15, -0.1) is 11.3 Å². The third-order valence-electron chi connectivity index (χ3n) is 4.42. The standard InChI is InChI=1S/C21H28N2O2S/c1-4-5-12-22(18(3)24)16-21(25)23(14-19-9-7-6-8-10-19)15-20-17(2)11-13-26-20/h6-11,13H,4-5,12,14-16H2,1-3H3. The van der Waals surface area contributed by atoms with Crippen molar-refractivity contribution >= 4 is 23.2 Å². The maximum absolute atomic E-state index is 13.0. The van der Waals surface area contributed by atoms with Crippen molar-refractivity contribution in [3.63, 3.8) is 0 Å². The molecule has 5 heteroatoms. The fraction of sp³-hybridized carbons (Fsp3) is 0.429. The normalized spacial score (nSPS) is 10.6. The Morgan fingerprint density at radius 3 is 2.35 bits per heavy atom. The molecule has 2 amide bonds. The molecule has 0 radical (unpaired) electrons. The lowest BCUT2D eigenvalue weighted by molar-refractivity contribution is -0.140. The van der Waals surface area contributed by atoms with Crippen LogP contribution in [-0.4, -0.2) is 34.7 Å². The fourth-order valence-corrected chi connectivity index (χ4v) is 3.66. The highest BCUT2D eigenvalue weighted by Gasteiger charge is 2.20. The number of thiophene rings is 1. The lowest BCUT2D eigenvalue weighted by atomic mass is 10.2. The summed E-state index contributed by atoms with van der Waals surface area (Å²) in [4.78, 5) is 29.6. The highest BCUT2D eigenvalue weighted by molar-refractivity contribution is 7.10. The van der Waals surface area contributed by atoms with E-state index in [9.17, 15) is 9.59 Å². The van der Waals surface area contributed by atoms with Gasteiger partial charge < -0.3 is 9.80 Å². The largest absolute Gasteiger partial charge is 0.334 e. The van der Waals surface area contributed by atoms with Crippen molar-refractivity contribution in [1.82, 2.24) is 9.80 Å². The Hall–Kier alpha value is -2.14. The average molecular weight is 373 g/mol. The molecule has 0 aliphatic rings. The van der Waals surface area contributed by atoms with Gasteiger partial charge >= 0.3 is 0 Å². The molecule has 1 aromatic heterocycles. The first-order valence-electron chi connectivity index (χ1n) is 9.11. The van der Waals surface area contributed by atoms with Crippen LogP contribution in [0.25, 0.3) is 0 Å². The van der Waals surface area contributed by atoms with E-state index in [1.165, 1.54) is 17.4 Å². The number of aryl methyl sites for hydroxylation is 1. The Kier molecular flexibility index (Phi) is 7.85. The second kappa shape index (κ2) is 10.1. The number of carbonyl (C=O) groups is 2. The second-order valence-corrected chi connectivity index (χ2v) is 7.56. The van der Waals surface area contributed by atoms with Crippen molar-refractivity contribution in [3.8, 4) is 0 Å². The molecule has 0 bridgehead atoms. The number of carbonyl (C=O) groups excluding carboxylic acids is 2. The molecule has 0 N–H and O–H groups in total. The van der Waals surface area contributed by atoms with E-state index in [1.807, 2.05) is 35.2 Å². The highest BCUT2D eigenvalue weighted by Crippen LogP contribution is 2.19. The number of nitrogens with zero attached hydrogens (tertiary/aromatic N) is 2. The molecule has 0 spiro atoms. The zero-order chi connectivity index (χ0) is 18.9. The monoisotopic (exact) mass is 372 g/mol. The van der Waals surface area contributed by atoms with E-state index >= 15 is 0 Å². The van der Waals surface area contributed by atoms with Crippen LogP contribution in [0.2, 0.25) is 0 Å². The lowest BCUT2D eigenvalue weighted by Crippen LogP contribution is -2.42. The van der Waals surface area contributed by atoms with Crippen molar-refractivity contribution in [1.29, 1.82) is 0 Å². The minimum atomic E-state index is -0.0428. The van der Waals surface area contributed by atoms with Gasteiger partial charge in [-0.05, 0) is 35.9 Å². The van der Waals surface area contributed by atoms with Gasteiger partial charge in [0.2, 0.25) is 11.8 Å². The van der Waals surface area contributed by atoms with E-state index in [0.717, 1.165) is 18.4 Å². The van der Waals surface area contributed by atoms with Crippen LogP contribution in [0.15, 0.2) is 41.8 Å². The molecule has 0 atom stereocenters. The zero-order valence-corrected chi connectivity index (χ0v) is 16.7. The zero-order valence-electron chi connectivity index (χ0n) is 15.9. The molecule has 0 unspecified atom stereocenters. The Bertz CT molecular complexity index is 712. The SMILES string of the molecule is CCCCN(CC(=O)N(Cc1ccccc1)Cc1sccc1C)C(C)=O. The van der Waals surface area contributed by atoms with Crippen LogP contribution in [0.4, 0.5) is 0 Å². The van der Waals surface area contributed by atoms with E-state index in [-0.39, 0.29) is 18.4 Å². The van der Waals surface area contributed by atoms with E-state index in [4.69, 9.17) is 0 Å². The van der Waals surface area contributed by atoms with Gasteiger partial charge in [0.05, 0.1) is 13.1 Å². The summed E-state index contributed by atoms with van der Waals surface area (Å²) in [6.45, 7) is 7.60. The van der Waals surface area contributed by atoms with Crippen LogP contribution < -0.4 is 0 Å². The average Bonchev–Trinajstić information content (AvgIpc) is 3.03. The molecule has 4 nitrogen and oxygen atoms in total. The van der Waals surface area contributed by atoms with Crippen LogP contribution in [0, 0.1) is 6.92 Å². The molecular weight excluding hydrogens is 344 g/mol. The Labute approximate surface area is 160 Å². The van der Waals surface area contributed by atoms with E-state index in [2.05, 4.69) is 25.3 Å². The summed E-state index contributed by atoms with van der Waals surface area (Å²) in [6.07, 6.45) is 1.91. The number of rotatable bonds is 9. The summed E-state index contributed by atoms with van der Waals surface area (Å²) in [5.74, 6) is -0.0493. The van der Waals surface area contributed by atoms with Crippen LogP contribution in [0.3, 0.4) is 0 Å². The summed E-state index contributed by atoms with van der Waals surface area (Å²) in [5, 5.41) is 2.05. The van der Waals surface area contributed by atoms with Crippen molar-refractivity contribution in [3.05, 3.63) is 57.8 Å². The molecular formula is C21H28N2O2S. The summed E-state index contributed by atoms with van der Waals surface area (Å²) in [7, 11) is 0. The van der Waals surface area contributed by atoms with E-state index in [0.29, 0.717) is 19.6 Å². The van der Waals surface area contributed by atoms with Gasteiger partial charge in [-0.2, -0.15) is 0 Å². The number of hydrogen-bond acceptors (Lipinski definition) is 3. The third-order valence-corrected chi connectivity index (χ3v) is 5.43. The minimum absolute atomic E-state index is 0.00652. The van der Waals surface area contributed by atoms with Gasteiger partial charge in [-0.1, -0.05) is 43.7 Å². The molecule has 1 heterocycles. The van der Waals surface area contributed by atoms with Crippen LogP contribution in [0.5, 0.6) is 0 Å². The molecule has 140 valence electrons. The molecule has 0 fully saturated rings. The third kappa shape index (κ3) is 5.99. The smallest absolute Gasteiger partial charge is 0.242 e. The number of amides is 2. The van der Waals surface area contributed by atoms with Gasteiger partial charge in [-0.3, -0.25) is 9.59 Å². The summed E-state index contributed by atoms with van der Waals surface area (Å²) in [5.41, 5.74) is 2.30. The predicted octanol–water partition coefficient (Wildman–Crippen LogP) is 4.23. The molecule has 0 saturated heterocycles. The number of benzene rings is 1. The Morgan fingerprint density at radius 2 is 1.77 bits per heavy atom. The first-order chi connectivity index (χ1) is 12.5. The van der Waals surface area contributed by atoms with Gasteiger partial charge in [0.25, 0.3) is 0 Å². The molecule has 0 saturated carbocycles. The highest BCUT2D eigenvalue weighted by atomic mass is 32.1. The van der Waals surface area contributed by atoms with Gasteiger partial charge in [-0.25, -0.2) is 0 Å². The molecule has 0 aliphatic carbocycles. The first kappa shape index (κ1) is 20.2. The van der Waals surface area contributed by atoms with Gasteiger partial charge in [0, 0.05) is 24.9 Å². The van der Waals surface area contributed by atoms with Crippen LogP contribution in [0.1, 0.15) is 42.7 Å². The molecule has 1 aromatic carbocycles. The fourth-order valence-electron chi connectivity index (χ4n) is 2.74. The summed E-state index contributed by atoms with van der Waals surface area (Å²) < 4.78 is 0. The maximum atomic E-state index is 13.0. The Balaban J connectivity index is 2.14. The molecule has 2 aromatic rings. The first-order valence-corrected chi connectivity index (χ1v) is 9.99. The van der Waals surface area contributed by atoms with Gasteiger partial charge in [0.15, 0.2) is 0 Å². The topological polar surface area (TPSA) is 40.6 Å². The number of unbranched alkanes of at least 4 members (excludes halogenated alkanes) is 1. The number of hydrogen-bond donors (Lipinski definition) is 0. The summed E-state index contributed by atoms with van der Waals surface area (Å²) in [6, 6.07) is 12.1. The van der Waals surface area contributed by atoms with E-state index < -0.39 is 0 Å². The summed E-state index contributed by atoms with van der Waals surface area (Å²) >= 11 is 1.67. The maximum Gasteiger partial charge on any atom is 0.242 e. The predicted molar refractivity (Wildman–Crippen MR) is 107 cm³/mol. The van der Waals surface area contributed by atoms with E-state index in [1.54, 1.807) is 16.2 Å². The minimum Gasteiger partial charge on any atom is -0.334 e. The molecule has 26 heavy (non-hydrogen) atoms. The van der Waals surface area contributed by atoms with Crippen molar-refractivity contribution in [2.24, 2.45) is 0 Å². The quantitative estimate of drug-likeness (QED) is 0.661. The lowest BCUT2D eigenvalue weighted by Gasteiger charge is -2.27. The van der Waals surface area contributed by atoms with Crippen LogP contribution in [-0.2, 0) is 22.7 Å². The van der Waals surface area contributed by atoms with Crippen molar-refractivity contribution in [2.75, 3.05) is 13.1 Å². The van der Waals surface area contributed by atoms with Crippen LogP contribution >= 0.6 is 11.3 Å². The second-order valence-electron chi connectivity index (χ2n) is 6.56. The molecule has 0 aliphatic heterocycles. The molecule has 2 rings (SSSR count).